The van der Waals surface area contributed by atoms with Gasteiger partial charge in [0.1, 0.15) is 0 Å². The zero-order chi connectivity index (χ0) is 12.1. The van der Waals surface area contributed by atoms with Gasteiger partial charge < -0.3 is 5.32 Å². The lowest BCUT2D eigenvalue weighted by molar-refractivity contribution is 0.441. The highest BCUT2D eigenvalue weighted by atomic mass is 79.9. The monoisotopic (exact) mass is 303 g/mol. The van der Waals surface area contributed by atoms with E-state index in [0.29, 0.717) is 12.0 Å². The van der Waals surface area contributed by atoms with E-state index in [1.54, 1.807) is 0 Å². The molecule has 0 aliphatic heterocycles. The molecule has 0 amide bonds. The van der Waals surface area contributed by atoms with Crippen molar-refractivity contribution in [3.8, 4) is 0 Å². The average Bonchev–Trinajstić information content (AvgIpc) is 2.20. The van der Waals surface area contributed by atoms with Gasteiger partial charge >= 0.3 is 0 Å². The summed E-state index contributed by atoms with van der Waals surface area (Å²) in [6.45, 7) is 4.49. The Bertz CT molecular complexity index is 339. The summed E-state index contributed by atoms with van der Waals surface area (Å²) in [4.78, 5) is 0. The van der Waals surface area contributed by atoms with Gasteiger partial charge in [0, 0.05) is 15.5 Å². The molecule has 0 aliphatic carbocycles. The molecule has 0 heterocycles. The van der Waals surface area contributed by atoms with Gasteiger partial charge in [0.15, 0.2) is 0 Å². The molecule has 1 aromatic carbocycles. The second kappa shape index (κ2) is 6.63. The minimum absolute atomic E-state index is 0.499. The van der Waals surface area contributed by atoms with Crippen LogP contribution in [0.15, 0.2) is 22.7 Å². The molecular formula is C13H19BrClN. The van der Waals surface area contributed by atoms with Crippen molar-refractivity contribution in [3.05, 3.63) is 33.3 Å². The van der Waals surface area contributed by atoms with Crippen molar-refractivity contribution in [2.45, 2.75) is 32.7 Å². The molecule has 1 N–H and O–H groups in total. The van der Waals surface area contributed by atoms with Crippen molar-refractivity contribution in [2.24, 2.45) is 5.92 Å². The third kappa shape index (κ3) is 4.44. The Balaban J connectivity index is 2.70. The Kier molecular flexibility index (Phi) is 5.81. The van der Waals surface area contributed by atoms with Gasteiger partial charge in [-0.3, -0.25) is 0 Å². The number of likely N-dealkylation sites (N-methyl/N-ethyl adjacent to an activating group) is 1. The molecule has 0 aromatic heterocycles. The van der Waals surface area contributed by atoms with Crippen molar-refractivity contribution in [1.82, 2.24) is 5.32 Å². The van der Waals surface area contributed by atoms with E-state index < -0.39 is 0 Å². The molecule has 0 saturated heterocycles. The molecule has 0 saturated carbocycles. The first-order valence-corrected chi connectivity index (χ1v) is 6.81. The van der Waals surface area contributed by atoms with Crippen molar-refractivity contribution >= 4 is 27.5 Å². The third-order valence-electron chi connectivity index (χ3n) is 2.65. The number of hydrogen-bond donors (Lipinski definition) is 1. The fourth-order valence-electron chi connectivity index (χ4n) is 1.82. The molecule has 0 bridgehead atoms. The van der Waals surface area contributed by atoms with Crippen molar-refractivity contribution in [3.63, 3.8) is 0 Å². The normalized spacial score (nSPS) is 13.1. The number of benzene rings is 1. The fraction of sp³-hybridized carbons (Fsp3) is 0.538. The molecule has 16 heavy (non-hydrogen) atoms. The Morgan fingerprint density at radius 2 is 2.06 bits per heavy atom. The molecule has 1 rings (SSSR count). The zero-order valence-corrected chi connectivity index (χ0v) is 12.4. The summed E-state index contributed by atoms with van der Waals surface area (Å²) in [5, 5.41) is 4.20. The van der Waals surface area contributed by atoms with E-state index in [-0.39, 0.29) is 0 Å². The molecule has 1 atom stereocenters. The second-order valence-corrected chi connectivity index (χ2v) is 5.88. The van der Waals surface area contributed by atoms with E-state index >= 15 is 0 Å². The minimum atomic E-state index is 0.499. The molecule has 90 valence electrons. The van der Waals surface area contributed by atoms with Gasteiger partial charge in [-0.05, 0) is 43.5 Å². The number of nitrogens with one attached hydrogen (secondary N) is 1. The van der Waals surface area contributed by atoms with E-state index in [2.05, 4.69) is 41.2 Å². The largest absolute Gasteiger partial charge is 0.317 e. The molecule has 3 heteroatoms. The summed E-state index contributed by atoms with van der Waals surface area (Å²) in [6, 6.07) is 6.60. The SMILES string of the molecule is CNC(Cc1ccc(Br)cc1Cl)CC(C)C. The maximum Gasteiger partial charge on any atom is 0.0449 e. The van der Waals surface area contributed by atoms with E-state index in [0.717, 1.165) is 15.9 Å². The van der Waals surface area contributed by atoms with Crippen molar-refractivity contribution in [1.29, 1.82) is 0 Å². The number of halogens is 2. The lowest BCUT2D eigenvalue weighted by atomic mass is 9.97. The summed E-state index contributed by atoms with van der Waals surface area (Å²) in [7, 11) is 2.01. The lowest BCUT2D eigenvalue weighted by Gasteiger charge is -2.19. The van der Waals surface area contributed by atoms with E-state index in [1.165, 1.54) is 12.0 Å². The van der Waals surface area contributed by atoms with Gasteiger partial charge in [-0.2, -0.15) is 0 Å². The summed E-state index contributed by atoms with van der Waals surface area (Å²) >= 11 is 9.63. The van der Waals surface area contributed by atoms with Crippen molar-refractivity contribution < 1.29 is 0 Å². The predicted octanol–water partition coefficient (Wildman–Crippen LogP) is 4.28. The lowest BCUT2D eigenvalue weighted by Crippen LogP contribution is -2.29. The molecule has 0 radical (unpaired) electrons. The van der Waals surface area contributed by atoms with Gasteiger partial charge in [-0.15, -0.1) is 0 Å². The quantitative estimate of drug-likeness (QED) is 0.856. The Hall–Kier alpha value is -0.0500. The van der Waals surface area contributed by atoms with Crippen LogP contribution in [0.4, 0.5) is 0 Å². The smallest absolute Gasteiger partial charge is 0.0449 e. The highest BCUT2D eigenvalue weighted by Gasteiger charge is 2.11. The van der Waals surface area contributed by atoms with Crippen LogP contribution < -0.4 is 5.32 Å². The maximum absolute atomic E-state index is 6.21. The molecule has 0 spiro atoms. The molecule has 0 aliphatic rings. The van der Waals surface area contributed by atoms with Crippen LogP contribution in [0.3, 0.4) is 0 Å². The van der Waals surface area contributed by atoms with Crippen LogP contribution in [0, 0.1) is 5.92 Å². The van der Waals surface area contributed by atoms with Gasteiger partial charge in [0.05, 0.1) is 0 Å². The van der Waals surface area contributed by atoms with Crippen LogP contribution in [0.25, 0.3) is 0 Å². The fourth-order valence-corrected chi connectivity index (χ4v) is 2.58. The van der Waals surface area contributed by atoms with Gasteiger partial charge in [0.25, 0.3) is 0 Å². The molecular weight excluding hydrogens is 286 g/mol. The number of hydrogen-bond acceptors (Lipinski definition) is 1. The van der Waals surface area contributed by atoms with E-state index in [1.807, 2.05) is 19.2 Å². The predicted molar refractivity (Wildman–Crippen MR) is 75.2 cm³/mol. The highest BCUT2D eigenvalue weighted by Crippen LogP contribution is 2.23. The van der Waals surface area contributed by atoms with Crippen LogP contribution in [-0.2, 0) is 6.42 Å². The zero-order valence-electron chi connectivity index (χ0n) is 10.1. The molecule has 0 fully saturated rings. The van der Waals surface area contributed by atoms with Gasteiger partial charge in [-0.1, -0.05) is 47.4 Å². The van der Waals surface area contributed by atoms with Crippen LogP contribution >= 0.6 is 27.5 Å². The second-order valence-electron chi connectivity index (χ2n) is 4.56. The third-order valence-corrected chi connectivity index (χ3v) is 3.49. The summed E-state index contributed by atoms with van der Waals surface area (Å²) < 4.78 is 1.03. The first-order chi connectivity index (χ1) is 7.52. The summed E-state index contributed by atoms with van der Waals surface area (Å²) in [5.74, 6) is 0.701. The van der Waals surface area contributed by atoms with Crippen molar-refractivity contribution in [2.75, 3.05) is 7.05 Å². The Morgan fingerprint density at radius 1 is 1.38 bits per heavy atom. The first-order valence-electron chi connectivity index (χ1n) is 5.64. The topological polar surface area (TPSA) is 12.0 Å². The highest BCUT2D eigenvalue weighted by molar-refractivity contribution is 9.10. The Morgan fingerprint density at radius 3 is 2.56 bits per heavy atom. The average molecular weight is 305 g/mol. The summed E-state index contributed by atoms with van der Waals surface area (Å²) in [5.41, 5.74) is 1.21. The minimum Gasteiger partial charge on any atom is -0.317 e. The van der Waals surface area contributed by atoms with Gasteiger partial charge in [-0.25, -0.2) is 0 Å². The summed E-state index contributed by atoms with van der Waals surface area (Å²) in [6.07, 6.45) is 2.16. The number of rotatable bonds is 5. The Labute approximate surface area is 112 Å². The maximum atomic E-state index is 6.21. The van der Waals surface area contributed by atoms with Crippen LogP contribution in [0.2, 0.25) is 5.02 Å². The first kappa shape index (κ1) is 14.0. The molecule has 1 unspecified atom stereocenters. The van der Waals surface area contributed by atoms with Gasteiger partial charge in [0.2, 0.25) is 0 Å². The van der Waals surface area contributed by atoms with Crippen LogP contribution in [0.1, 0.15) is 25.8 Å². The van der Waals surface area contributed by atoms with Crippen LogP contribution in [0.5, 0.6) is 0 Å². The van der Waals surface area contributed by atoms with Crippen LogP contribution in [-0.4, -0.2) is 13.1 Å². The van der Waals surface area contributed by atoms with E-state index in [4.69, 9.17) is 11.6 Å². The standard InChI is InChI=1S/C13H19BrClN/c1-9(2)6-12(16-3)7-10-4-5-11(14)8-13(10)15/h4-5,8-9,12,16H,6-7H2,1-3H3. The van der Waals surface area contributed by atoms with E-state index in [9.17, 15) is 0 Å². The molecule has 1 aromatic rings. The molecule has 1 nitrogen and oxygen atoms in total.